The molecule has 2 saturated carbocycles. The zero-order valence-corrected chi connectivity index (χ0v) is 20.5. The van der Waals surface area contributed by atoms with E-state index in [1.807, 2.05) is 12.1 Å². The van der Waals surface area contributed by atoms with Gasteiger partial charge in [-0.1, -0.05) is 32.4 Å². The van der Waals surface area contributed by atoms with Gasteiger partial charge in [-0.25, -0.2) is 0 Å². The Hall–Kier alpha value is -0.693. The van der Waals surface area contributed by atoms with Crippen LogP contribution in [-0.2, 0) is 21.0 Å². The summed E-state index contributed by atoms with van der Waals surface area (Å²) in [6.07, 6.45) is 8.93. The highest BCUT2D eigenvalue weighted by molar-refractivity contribution is 7.85. The molecule has 4 nitrogen and oxygen atoms in total. The maximum absolute atomic E-state index is 11.2. The van der Waals surface area contributed by atoms with Crippen molar-refractivity contribution in [3.8, 4) is 0 Å². The average molecular weight is 439 g/mol. The van der Waals surface area contributed by atoms with Gasteiger partial charge < -0.3 is 4.43 Å². The van der Waals surface area contributed by atoms with Gasteiger partial charge in [0.25, 0.3) is 10.1 Å². The van der Waals surface area contributed by atoms with Crippen molar-refractivity contribution in [2.75, 3.05) is 0 Å². The Kier molecular flexibility index (Phi) is 6.69. The number of hydrogen-bond acceptors (Lipinski definition) is 3. The first kappa shape index (κ1) is 23.0. The molecule has 164 valence electrons. The zero-order chi connectivity index (χ0) is 21.4. The maximum Gasteiger partial charge on any atom is 0.294 e. The summed E-state index contributed by atoms with van der Waals surface area (Å²) >= 11 is 0. The summed E-state index contributed by atoms with van der Waals surface area (Å²) in [6, 6.07) is 6.66. The predicted octanol–water partition coefficient (Wildman–Crippen LogP) is 5.94. The van der Waals surface area contributed by atoms with E-state index in [2.05, 4.69) is 33.5 Å². The summed E-state index contributed by atoms with van der Waals surface area (Å²) in [5.41, 5.74) is 1.52. The topological polar surface area (TPSA) is 63.6 Å². The van der Waals surface area contributed by atoms with Gasteiger partial charge in [0.15, 0.2) is 8.32 Å². The quantitative estimate of drug-likeness (QED) is 0.423. The molecule has 2 unspecified atom stereocenters. The number of rotatable bonds is 7. The molecule has 0 amide bonds. The minimum absolute atomic E-state index is 0.0314. The molecule has 3 rings (SSSR count). The Morgan fingerprint density at radius 1 is 1.17 bits per heavy atom. The molecule has 2 aliphatic rings. The van der Waals surface area contributed by atoms with Crippen molar-refractivity contribution in [1.82, 2.24) is 0 Å². The third kappa shape index (κ3) is 5.33. The first-order chi connectivity index (χ1) is 13.4. The summed E-state index contributed by atoms with van der Waals surface area (Å²) in [4.78, 5) is -0.0314. The van der Waals surface area contributed by atoms with Crippen LogP contribution in [0.4, 0.5) is 0 Å². The lowest BCUT2D eigenvalue weighted by Crippen LogP contribution is -2.46. The molecule has 1 aromatic rings. The number of aryl methyl sites for hydroxylation is 1. The van der Waals surface area contributed by atoms with Gasteiger partial charge in [0, 0.05) is 6.10 Å². The molecule has 0 spiro atoms. The lowest BCUT2D eigenvalue weighted by Gasteiger charge is -2.48. The van der Waals surface area contributed by atoms with Crippen molar-refractivity contribution in [3.05, 3.63) is 29.8 Å². The van der Waals surface area contributed by atoms with E-state index in [9.17, 15) is 8.42 Å². The van der Waals surface area contributed by atoms with Gasteiger partial charge in [-0.2, -0.15) is 8.42 Å². The van der Waals surface area contributed by atoms with Gasteiger partial charge >= 0.3 is 0 Å². The maximum atomic E-state index is 11.2. The molecule has 0 radical (unpaired) electrons. The molecule has 5 atom stereocenters. The van der Waals surface area contributed by atoms with Crippen LogP contribution in [0.5, 0.6) is 0 Å². The highest BCUT2D eigenvalue weighted by Crippen LogP contribution is 2.59. The number of benzene rings is 1. The summed E-state index contributed by atoms with van der Waals surface area (Å²) < 4.78 is 38.2. The van der Waals surface area contributed by atoms with Crippen LogP contribution in [0.1, 0.15) is 57.9 Å². The second kappa shape index (κ2) is 8.44. The molecule has 0 aromatic heterocycles. The largest absolute Gasteiger partial charge is 0.414 e. The van der Waals surface area contributed by atoms with E-state index in [0.29, 0.717) is 23.4 Å². The Morgan fingerprint density at radius 3 is 2.41 bits per heavy atom. The Morgan fingerprint density at radius 2 is 1.83 bits per heavy atom. The van der Waals surface area contributed by atoms with E-state index in [1.165, 1.54) is 44.2 Å². The third-order valence-electron chi connectivity index (χ3n) is 7.44. The predicted molar refractivity (Wildman–Crippen MR) is 120 cm³/mol. The second-order valence-electron chi connectivity index (χ2n) is 10.6. The van der Waals surface area contributed by atoms with Crippen LogP contribution in [-0.4, -0.2) is 27.4 Å². The SMILES string of the molecule is C[C@H](CCc1ccc(S(=O)(=O)O)cc1)[C@H]1CCC2C(O[Si](C)(C)C)CCC[C@@]21C. The summed E-state index contributed by atoms with van der Waals surface area (Å²) in [5.74, 6) is 2.07. The summed E-state index contributed by atoms with van der Waals surface area (Å²) in [7, 11) is -5.64. The Bertz CT molecular complexity index is 799. The normalized spacial score (nSPS) is 31.4. The Balaban J connectivity index is 1.63. The minimum Gasteiger partial charge on any atom is -0.414 e. The van der Waals surface area contributed by atoms with E-state index in [-0.39, 0.29) is 4.90 Å². The zero-order valence-electron chi connectivity index (χ0n) is 18.6. The summed E-state index contributed by atoms with van der Waals surface area (Å²) in [6.45, 7) is 11.8. The van der Waals surface area contributed by atoms with Crippen LogP contribution >= 0.6 is 0 Å². The molecular weight excluding hydrogens is 400 g/mol. The highest BCUT2D eigenvalue weighted by Gasteiger charge is 2.53. The first-order valence-corrected chi connectivity index (χ1v) is 16.0. The second-order valence-corrected chi connectivity index (χ2v) is 16.5. The van der Waals surface area contributed by atoms with Gasteiger partial charge in [-0.15, -0.1) is 0 Å². The minimum atomic E-state index is -4.11. The first-order valence-electron chi connectivity index (χ1n) is 11.1. The van der Waals surface area contributed by atoms with Crippen LogP contribution in [0.25, 0.3) is 0 Å². The standard InChI is InChI=1S/C23H38O4SSi/c1-17(8-9-18-10-12-19(13-11-18)28(24,25)26)20-14-15-21-22(27-29(3,4)5)7-6-16-23(20,21)2/h10-13,17,20-22H,6-9,14-16H2,1-5H3,(H,24,25,26)/t17-,20-,21?,22?,23-/m1/s1. The fraction of sp³-hybridized carbons (Fsp3) is 0.739. The average Bonchev–Trinajstić information content (AvgIpc) is 2.96. The lowest BCUT2D eigenvalue weighted by atomic mass is 9.61. The fourth-order valence-electron chi connectivity index (χ4n) is 6.11. The van der Waals surface area contributed by atoms with Crippen LogP contribution in [0.15, 0.2) is 29.2 Å². The van der Waals surface area contributed by atoms with Crippen LogP contribution < -0.4 is 0 Å². The van der Waals surface area contributed by atoms with Gasteiger partial charge in [-0.3, -0.25) is 4.55 Å². The fourth-order valence-corrected chi connectivity index (χ4v) is 7.78. The molecule has 2 fully saturated rings. The van der Waals surface area contributed by atoms with E-state index in [0.717, 1.165) is 24.3 Å². The molecule has 0 bridgehead atoms. The van der Waals surface area contributed by atoms with E-state index in [4.69, 9.17) is 8.98 Å². The van der Waals surface area contributed by atoms with Gasteiger partial charge in [-0.05, 0) is 99.0 Å². The Labute approximate surface area is 178 Å². The van der Waals surface area contributed by atoms with Crippen LogP contribution in [0.2, 0.25) is 19.6 Å². The van der Waals surface area contributed by atoms with Crippen molar-refractivity contribution < 1.29 is 17.4 Å². The number of fused-ring (bicyclic) bond motifs is 1. The van der Waals surface area contributed by atoms with Gasteiger partial charge in [0.05, 0.1) is 4.90 Å². The molecule has 0 heterocycles. The van der Waals surface area contributed by atoms with Gasteiger partial charge in [0.2, 0.25) is 0 Å². The van der Waals surface area contributed by atoms with Gasteiger partial charge in [0.1, 0.15) is 0 Å². The molecule has 29 heavy (non-hydrogen) atoms. The van der Waals surface area contributed by atoms with Crippen molar-refractivity contribution in [1.29, 1.82) is 0 Å². The molecular formula is C23H38O4SSi. The molecule has 1 aromatic carbocycles. The highest BCUT2D eigenvalue weighted by atomic mass is 32.2. The van der Waals surface area contributed by atoms with Crippen LogP contribution in [0.3, 0.4) is 0 Å². The molecule has 6 heteroatoms. The van der Waals surface area contributed by atoms with Crippen molar-refractivity contribution in [3.63, 3.8) is 0 Å². The molecule has 2 aliphatic carbocycles. The van der Waals surface area contributed by atoms with E-state index < -0.39 is 18.4 Å². The van der Waals surface area contributed by atoms with E-state index in [1.54, 1.807) is 0 Å². The lowest BCUT2D eigenvalue weighted by molar-refractivity contribution is -0.0184. The molecule has 0 aliphatic heterocycles. The van der Waals surface area contributed by atoms with E-state index >= 15 is 0 Å². The number of hydrogen-bond donors (Lipinski definition) is 1. The molecule has 1 N–H and O–H groups in total. The third-order valence-corrected chi connectivity index (χ3v) is 9.31. The summed E-state index contributed by atoms with van der Waals surface area (Å²) in [5, 5.41) is 0. The molecule has 0 saturated heterocycles. The van der Waals surface area contributed by atoms with Crippen molar-refractivity contribution in [2.24, 2.45) is 23.2 Å². The monoisotopic (exact) mass is 438 g/mol. The van der Waals surface area contributed by atoms with Crippen LogP contribution in [0, 0.1) is 23.2 Å². The van der Waals surface area contributed by atoms with Crippen molar-refractivity contribution in [2.45, 2.75) is 89.4 Å². The smallest absolute Gasteiger partial charge is 0.294 e. The van der Waals surface area contributed by atoms with Crippen molar-refractivity contribution >= 4 is 18.4 Å².